The molecule has 1 saturated carbocycles. The number of aliphatic hydroxyl groups excluding tert-OH is 1. The van der Waals surface area contributed by atoms with Gasteiger partial charge in [-0.25, -0.2) is 8.42 Å². The van der Waals surface area contributed by atoms with E-state index in [0.717, 1.165) is 49.9 Å². The van der Waals surface area contributed by atoms with Gasteiger partial charge in [-0.3, -0.25) is 19.9 Å². The van der Waals surface area contributed by atoms with Crippen LogP contribution in [0.25, 0.3) is 0 Å². The lowest BCUT2D eigenvalue weighted by Gasteiger charge is -2.41. The Bertz CT molecular complexity index is 1510. The number of nitro benzene ring substituents is 1. The van der Waals surface area contributed by atoms with Crippen LogP contribution in [0.2, 0.25) is 0 Å². The highest BCUT2D eigenvalue weighted by atomic mass is 32.2. The second-order valence-electron chi connectivity index (χ2n) is 12.3. The molecule has 2 atom stereocenters. The SMILES string of the molecule is CC(C)CN(C[C@@H](O)[C@@](C)(NC(=O)CC1(c2ccccn2)CCCCC1)c1ccccc1)S(=O)(=O)c1ccc([N+](=O)[O-])cc1. The fourth-order valence-corrected chi connectivity index (χ4v) is 7.75. The molecule has 44 heavy (non-hydrogen) atoms. The van der Waals surface area contributed by atoms with Gasteiger partial charge in [0.15, 0.2) is 0 Å². The number of rotatable bonds is 13. The average molecular weight is 623 g/mol. The minimum absolute atomic E-state index is 0.0860. The largest absolute Gasteiger partial charge is 0.389 e. The number of aliphatic hydroxyl groups is 1. The zero-order chi connectivity index (χ0) is 32.0. The normalized spacial score (nSPS) is 17.1. The number of amides is 1. The van der Waals surface area contributed by atoms with Crippen molar-refractivity contribution in [3.05, 3.63) is 100 Å². The van der Waals surface area contributed by atoms with Gasteiger partial charge >= 0.3 is 0 Å². The summed E-state index contributed by atoms with van der Waals surface area (Å²) in [7, 11) is -4.14. The fourth-order valence-electron chi connectivity index (χ4n) is 6.14. The van der Waals surface area contributed by atoms with Gasteiger partial charge in [-0.05, 0) is 55.5 Å². The summed E-state index contributed by atoms with van der Waals surface area (Å²) in [4.78, 5) is 28.9. The maximum absolute atomic E-state index is 13.9. The van der Waals surface area contributed by atoms with Gasteiger partial charge in [0.05, 0.1) is 21.5 Å². The van der Waals surface area contributed by atoms with Crippen LogP contribution in [0.1, 0.15) is 70.6 Å². The lowest BCUT2D eigenvalue weighted by atomic mass is 9.69. The molecule has 0 bridgehead atoms. The van der Waals surface area contributed by atoms with Crippen LogP contribution in [-0.4, -0.2) is 52.8 Å². The molecule has 1 amide bonds. The maximum Gasteiger partial charge on any atom is 0.269 e. The van der Waals surface area contributed by atoms with Crippen LogP contribution in [0.15, 0.2) is 83.9 Å². The van der Waals surface area contributed by atoms with Crippen molar-refractivity contribution in [2.24, 2.45) is 5.92 Å². The van der Waals surface area contributed by atoms with E-state index in [0.29, 0.717) is 5.56 Å². The topological polar surface area (TPSA) is 143 Å². The molecule has 1 aliphatic carbocycles. The molecule has 236 valence electrons. The Kier molecular flexibility index (Phi) is 10.5. The lowest BCUT2D eigenvalue weighted by Crippen LogP contribution is -2.57. The number of nitro groups is 1. The predicted octanol–water partition coefficient (Wildman–Crippen LogP) is 5.32. The Morgan fingerprint density at radius 3 is 2.23 bits per heavy atom. The highest BCUT2D eigenvalue weighted by Crippen LogP contribution is 2.42. The van der Waals surface area contributed by atoms with E-state index in [4.69, 9.17) is 0 Å². The molecular formula is C33H42N4O6S. The molecule has 0 aliphatic heterocycles. The van der Waals surface area contributed by atoms with Gasteiger partial charge in [0.2, 0.25) is 15.9 Å². The van der Waals surface area contributed by atoms with Gasteiger partial charge in [0.1, 0.15) is 0 Å². The number of carbonyl (C=O) groups is 1. The van der Waals surface area contributed by atoms with Crippen LogP contribution >= 0.6 is 0 Å². The number of aromatic nitrogens is 1. The molecule has 0 saturated heterocycles. The summed E-state index contributed by atoms with van der Waals surface area (Å²) in [6.07, 6.45) is 5.35. The van der Waals surface area contributed by atoms with Crippen molar-refractivity contribution in [1.82, 2.24) is 14.6 Å². The molecule has 10 nitrogen and oxygen atoms in total. The van der Waals surface area contributed by atoms with Crippen LogP contribution in [0.5, 0.6) is 0 Å². The first-order valence-corrected chi connectivity index (χ1v) is 16.5. The van der Waals surface area contributed by atoms with Crippen molar-refractivity contribution in [3.63, 3.8) is 0 Å². The first-order valence-electron chi connectivity index (χ1n) is 15.1. The Balaban J connectivity index is 1.65. The molecule has 0 unspecified atom stereocenters. The molecule has 1 fully saturated rings. The molecule has 3 aromatic rings. The molecular weight excluding hydrogens is 580 g/mol. The fraction of sp³-hybridized carbons (Fsp3) is 0.455. The molecule has 4 rings (SSSR count). The number of pyridine rings is 1. The molecule has 2 N–H and O–H groups in total. The Labute approximate surface area is 259 Å². The maximum atomic E-state index is 13.9. The Morgan fingerprint density at radius 1 is 1.02 bits per heavy atom. The summed E-state index contributed by atoms with van der Waals surface area (Å²) in [5, 5.41) is 26.1. The number of carbonyl (C=O) groups excluding carboxylic acids is 1. The Hall–Kier alpha value is -3.67. The highest BCUT2D eigenvalue weighted by Gasteiger charge is 2.43. The summed E-state index contributed by atoms with van der Waals surface area (Å²) in [5.74, 6) is -0.339. The van der Waals surface area contributed by atoms with E-state index >= 15 is 0 Å². The molecule has 0 radical (unpaired) electrons. The van der Waals surface area contributed by atoms with Crippen LogP contribution in [0.3, 0.4) is 0 Å². The van der Waals surface area contributed by atoms with Crippen molar-refractivity contribution in [2.75, 3.05) is 13.1 Å². The monoisotopic (exact) mass is 622 g/mol. The number of nitrogens with one attached hydrogen (secondary N) is 1. The standard InChI is InChI=1S/C33H42N4O6S/c1-25(2)23-36(44(42,43)28-17-15-27(16-18-28)37(40)41)24-30(38)32(3,26-12-6-4-7-13-26)35-31(39)22-33(19-9-5-10-20-33)29-14-8-11-21-34-29/h4,6-8,11-18,21,25,30,38H,5,9-10,19-20,22-24H2,1-3H3,(H,35,39)/t30-,32+/m1/s1. The van der Waals surface area contributed by atoms with Crippen molar-refractivity contribution in [3.8, 4) is 0 Å². The second kappa shape index (κ2) is 14.0. The third-order valence-corrected chi connectivity index (χ3v) is 10.4. The van der Waals surface area contributed by atoms with Crippen molar-refractivity contribution in [2.45, 2.75) is 81.2 Å². The third kappa shape index (κ3) is 7.51. The molecule has 0 spiro atoms. The molecule has 11 heteroatoms. The van der Waals surface area contributed by atoms with Crippen molar-refractivity contribution in [1.29, 1.82) is 0 Å². The smallest absolute Gasteiger partial charge is 0.269 e. The summed E-state index contributed by atoms with van der Waals surface area (Å²) < 4.78 is 28.8. The van der Waals surface area contributed by atoms with Gasteiger partial charge in [-0.2, -0.15) is 4.31 Å². The number of nitrogens with zero attached hydrogens (tertiary/aromatic N) is 3. The summed E-state index contributed by atoms with van der Waals surface area (Å²) in [6.45, 7) is 5.23. The van der Waals surface area contributed by atoms with Gasteiger partial charge in [-0.1, -0.05) is 69.5 Å². The van der Waals surface area contributed by atoms with Crippen LogP contribution in [-0.2, 0) is 25.8 Å². The second-order valence-corrected chi connectivity index (χ2v) is 14.3. The van der Waals surface area contributed by atoms with Gasteiger partial charge in [0.25, 0.3) is 5.69 Å². The third-order valence-electron chi connectivity index (χ3n) is 8.59. The van der Waals surface area contributed by atoms with E-state index in [1.54, 1.807) is 25.3 Å². The molecule has 2 aromatic carbocycles. The van der Waals surface area contributed by atoms with Crippen LogP contribution in [0, 0.1) is 16.0 Å². The van der Waals surface area contributed by atoms with E-state index < -0.39 is 32.0 Å². The van der Waals surface area contributed by atoms with E-state index in [1.807, 2.05) is 50.2 Å². The zero-order valence-corrected chi connectivity index (χ0v) is 26.4. The van der Waals surface area contributed by atoms with Crippen LogP contribution in [0.4, 0.5) is 5.69 Å². The van der Waals surface area contributed by atoms with Gasteiger partial charge < -0.3 is 10.4 Å². The quantitative estimate of drug-likeness (QED) is 0.194. The lowest BCUT2D eigenvalue weighted by molar-refractivity contribution is -0.384. The highest BCUT2D eigenvalue weighted by molar-refractivity contribution is 7.89. The number of sulfonamides is 1. The van der Waals surface area contributed by atoms with Crippen molar-refractivity contribution < 1.29 is 23.2 Å². The van der Waals surface area contributed by atoms with Gasteiger partial charge in [0, 0.05) is 48.9 Å². The first kappa shape index (κ1) is 33.2. The average Bonchev–Trinajstić information content (AvgIpc) is 3.01. The summed E-state index contributed by atoms with van der Waals surface area (Å²) >= 11 is 0. The minimum Gasteiger partial charge on any atom is -0.389 e. The van der Waals surface area contributed by atoms with Crippen molar-refractivity contribution >= 4 is 21.6 Å². The first-order chi connectivity index (χ1) is 20.9. The Morgan fingerprint density at radius 2 is 1.66 bits per heavy atom. The summed E-state index contributed by atoms with van der Waals surface area (Å²) in [5.41, 5.74) is -0.462. The number of non-ortho nitro benzene ring substituents is 1. The van der Waals surface area contributed by atoms with E-state index in [9.17, 15) is 28.4 Å². The van der Waals surface area contributed by atoms with E-state index in [-0.39, 0.29) is 41.9 Å². The van der Waals surface area contributed by atoms with Gasteiger partial charge in [-0.15, -0.1) is 0 Å². The number of hydrogen-bond donors (Lipinski definition) is 2. The van der Waals surface area contributed by atoms with Crippen LogP contribution < -0.4 is 5.32 Å². The molecule has 1 aromatic heterocycles. The van der Waals surface area contributed by atoms with E-state index in [2.05, 4.69) is 10.3 Å². The minimum atomic E-state index is -4.14. The summed E-state index contributed by atoms with van der Waals surface area (Å²) in [6, 6.07) is 19.5. The number of benzene rings is 2. The number of hydrogen-bond acceptors (Lipinski definition) is 7. The molecule has 1 aliphatic rings. The van der Waals surface area contributed by atoms with E-state index in [1.165, 1.54) is 16.4 Å². The zero-order valence-electron chi connectivity index (χ0n) is 25.6. The molecule has 1 heterocycles. The predicted molar refractivity (Wildman–Crippen MR) is 168 cm³/mol.